The molecule has 1 aromatic carbocycles. The normalized spacial score (nSPS) is 22.2. The Morgan fingerprint density at radius 2 is 2.08 bits per heavy atom. The van der Waals surface area contributed by atoms with E-state index < -0.39 is 5.92 Å². The lowest BCUT2D eigenvalue weighted by molar-refractivity contribution is -0.119. The summed E-state index contributed by atoms with van der Waals surface area (Å²) >= 11 is 0. The summed E-state index contributed by atoms with van der Waals surface area (Å²) in [5.41, 5.74) is 8.48. The zero-order valence-electron chi connectivity index (χ0n) is 15.0. The van der Waals surface area contributed by atoms with Crippen molar-refractivity contribution in [2.75, 3.05) is 7.11 Å². The van der Waals surface area contributed by atoms with Crippen LogP contribution >= 0.6 is 0 Å². The monoisotopic (exact) mass is 338 g/mol. The van der Waals surface area contributed by atoms with Crippen molar-refractivity contribution in [3.63, 3.8) is 0 Å². The average molecular weight is 338 g/mol. The van der Waals surface area contributed by atoms with E-state index in [-0.39, 0.29) is 22.7 Å². The largest absolute Gasteiger partial charge is 0.496 e. The van der Waals surface area contributed by atoms with Crippen LogP contribution in [-0.2, 0) is 9.53 Å². The first-order valence-corrected chi connectivity index (χ1v) is 8.26. The highest BCUT2D eigenvalue weighted by Gasteiger charge is 2.42. The quantitative estimate of drug-likeness (QED) is 0.892. The predicted octanol–water partition coefficient (Wildman–Crippen LogP) is 3.45. The Morgan fingerprint density at radius 3 is 2.68 bits per heavy atom. The molecular formula is C20H22N2O3. The van der Waals surface area contributed by atoms with E-state index in [2.05, 4.69) is 6.07 Å². The summed E-state index contributed by atoms with van der Waals surface area (Å²) in [6.45, 7) is 6.00. The van der Waals surface area contributed by atoms with Crippen LogP contribution in [0.3, 0.4) is 0 Å². The number of benzene rings is 1. The Morgan fingerprint density at radius 1 is 1.36 bits per heavy atom. The molecule has 1 heterocycles. The average Bonchev–Trinajstić information content (AvgIpc) is 2.52. The van der Waals surface area contributed by atoms with Gasteiger partial charge in [0.1, 0.15) is 23.2 Å². The van der Waals surface area contributed by atoms with Gasteiger partial charge in [0.2, 0.25) is 5.88 Å². The molecule has 1 atom stereocenters. The van der Waals surface area contributed by atoms with Crippen molar-refractivity contribution in [2.24, 2.45) is 11.1 Å². The number of nitrogens with zero attached hydrogens (tertiary/aromatic N) is 1. The van der Waals surface area contributed by atoms with Gasteiger partial charge in [0.05, 0.1) is 13.0 Å². The predicted molar refractivity (Wildman–Crippen MR) is 93.4 cm³/mol. The van der Waals surface area contributed by atoms with Crippen LogP contribution < -0.4 is 10.5 Å². The molecule has 3 rings (SSSR count). The number of rotatable bonds is 2. The number of Topliss-reactive ketones (excluding diaryl/α,β-unsaturated/α-hetero) is 1. The lowest BCUT2D eigenvalue weighted by Crippen LogP contribution is -2.33. The SMILES string of the molecule is COc1ccc([C@@H]2C(C#N)=C(N)OC3=C2C(=O)CC(C)(C)C3)cc1C. The minimum Gasteiger partial charge on any atom is -0.496 e. The van der Waals surface area contributed by atoms with Gasteiger partial charge in [-0.1, -0.05) is 26.0 Å². The summed E-state index contributed by atoms with van der Waals surface area (Å²) in [7, 11) is 1.61. The molecule has 2 aliphatic rings. The van der Waals surface area contributed by atoms with Gasteiger partial charge in [-0.2, -0.15) is 5.26 Å². The second-order valence-electron chi connectivity index (χ2n) is 7.43. The molecule has 25 heavy (non-hydrogen) atoms. The van der Waals surface area contributed by atoms with Crippen molar-refractivity contribution in [2.45, 2.75) is 39.5 Å². The minimum atomic E-state index is -0.484. The lowest BCUT2D eigenvalue weighted by Gasteiger charge is -2.37. The number of methoxy groups -OCH3 is 1. The highest BCUT2D eigenvalue weighted by molar-refractivity contribution is 6.00. The molecule has 0 radical (unpaired) electrons. The smallest absolute Gasteiger partial charge is 0.205 e. The molecule has 5 nitrogen and oxygen atoms in total. The molecule has 0 bridgehead atoms. The fraction of sp³-hybridized carbons (Fsp3) is 0.400. The summed E-state index contributed by atoms with van der Waals surface area (Å²) in [4.78, 5) is 12.9. The van der Waals surface area contributed by atoms with E-state index in [1.54, 1.807) is 7.11 Å². The van der Waals surface area contributed by atoms with Gasteiger partial charge in [0, 0.05) is 18.4 Å². The topological polar surface area (TPSA) is 85.3 Å². The fourth-order valence-electron chi connectivity index (χ4n) is 3.70. The Hall–Kier alpha value is -2.74. The third kappa shape index (κ3) is 2.89. The Bertz CT molecular complexity index is 856. The van der Waals surface area contributed by atoms with Crippen molar-refractivity contribution >= 4 is 5.78 Å². The molecule has 0 saturated heterocycles. The number of carbonyl (C=O) groups is 1. The summed E-state index contributed by atoms with van der Waals surface area (Å²) in [5, 5.41) is 9.62. The number of ketones is 1. The number of nitrogens with two attached hydrogens (primary N) is 1. The highest BCUT2D eigenvalue weighted by atomic mass is 16.5. The summed E-state index contributed by atoms with van der Waals surface area (Å²) in [6, 6.07) is 7.81. The molecule has 2 N–H and O–H groups in total. The molecule has 0 spiro atoms. The molecule has 0 aromatic heterocycles. The second-order valence-corrected chi connectivity index (χ2v) is 7.43. The number of aryl methyl sites for hydroxylation is 1. The maximum atomic E-state index is 12.9. The third-order valence-electron chi connectivity index (χ3n) is 4.83. The van der Waals surface area contributed by atoms with Crippen LogP contribution in [0.5, 0.6) is 5.75 Å². The van der Waals surface area contributed by atoms with Crippen LogP contribution in [0.15, 0.2) is 41.0 Å². The zero-order chi connectivity index (χ0) is 18.4. The molecule has 0 unspecified atom stereocenters. The van der Waals surface area contributed by atoms with E-state index in [1.807, 2.05) is 39.0 Å². The van der Waals surface area contributed by atoms with Gasteiger partial charge in [0.25, 0.3) is 0 Å². The second kappa shape index (κ2) is 5.96. The van der Waals surface area contributed by atoms with E-state index in [9.17, 15) is 10.1 Å². The van der Waals surface area contributed by atoms with Crippen molar-refractivity contribution in [3.05, 3.63) is 52.1 Å². The molecule has 1 aliphatic carbocycles. The van der Waals surface area contributed by atoms with Gasteiger partial charge in [-0.3, -0.25) is 4.79 Å². The van der Waals surface area contributed by atoms with Crippen LogP contribution in [0.25, 0.3) is 0 Å². The standard InChI is InChI=1S/C20H22N2O3/c1-11-7-12(5-6-15(11)24-4)17-13(10-21)19(22)25-16-9-20(2,3)8-14(23)18(16)17/h5-7,17H,8-9,22H2,1-4H3/t17-/m1/s1. The van der Waals surface area contributed by atoms with E-state index in [0.29, 0.717) is 24.2 Å². The van der Waals surface area contributed by atoms with E-state index in [4.69, 9.17) is 15.2 Å². The summed E-state index contributed by atoms with van der Waals surface area (Å²) in [5.74, 6) is 0.977. The molecule has 0 saturated carbocycles. The van der Waals surface area contributed by atoms with Crippen LogP contribution in [0.1, 0.15) is 43.7 Å². The molecule has 5 heteroatoms. The number of nitriles is 1. The maximum Gasteiger partial charge on any atom is 0.205 e. The first kappa shape index (κ1) is 17.1. The maximum absolute atomic E-state index is 12.9. The minimum absolute atomic E-state index is 0.0185. The Labute approximate surface area is 147 Å². The number of hydrogen-bond donors (Lipinski definition) is 1. The zero-order valence-corrected chi connectivity index (χ0v) is 15.0. The van der Waals surface area contributed by atoms with Crippen LogP contribution in [-0.4, -0.2) is 12.9 Å². The van der Waals surface area contributed by atoms with Crippen LogP contribution in [0.4, 0.5) is 0 Å². The van der Waals surface area contributed by atoms with Crippen molar-refractivity contribution in [1.29, 1.82) is 5.26 Å². The Balaban J connectivity index is 2.18. The molecule has 0 fully saturated rings. The molecule has 1 aliphatic heterocycles. The van der Waals surface area contributed by atoms with Crippen molar-refractivity contribution in [3.8, 4) is 11.8 Å². The molecule has 1 aromatic rings. The van der Waals surface area contributed by atoms with E-state index in [0.717, 1.165) is 16.9 Å². The van der Waals surface area contributed by atoms with Gasteiger partial charge in [0.15, 0.2) is 5.78 Å². The van der Waals surface area contributed by atoms with E-state index in [1.165, 1.54) is 0 Å². The Kier molecular flexibility index (Phi) is 4.08. The lowest BCUT2D eigenvalue weighted by atomic mass is 9.70. The number of allylic oxidation sites excluding steroid dienone is 3. The fourth-order valence-corrected chi connectivity index (χ4v) is 3.70. The highest BCUT2D eigenvalue weighted by Crippen LogP contribution is 2.48. The summed E-state index contributed by atoms with van der Waals surface area (Å²) < 4.78 is 11.0. The van der Waals surface area contributed by atoms with Gasteiger partial charge < -0.3 is 15.2 Å². The summed E-state index contributed by atoms with van der Waals surface area (Å²) in [6.07, 6.45) is 1.05. The van der Waals surface area contributed by atoms with Gasteiger partial charge in [-0.05, 0) is 29.5 Å². The van der Waals surface area contributed by atoms with Gasteiger partial charge >= 0.3 is 0 Å². The van der Waals surface area contributed by atoms with Crippen molar-refractivity contribution in [1.82, 2.24) is 0 Å². The molecule has 130 valence electrons. The number of carbonyl (C=O) groups excluding carboxylic acids is 1. The van der Waals surface area contributed by atoms with Crippen LogP contribution in [0.2, 0.25) is 0 Å². The number of ether oxygens (including phenoxy) is 2. The third-order valence-corrected chi connectivity index (χ3v) is 4.83. The van der Waals surface area contributed by atoms with Gasteiger partial charge in [-0.25, -0.2) is 0 Å². The van der Waals surface area contributed by atoms with Crippen LogP contribution in [0, 0.1) is 23.7 Å². The first-order valence-electron chi connectivity index (χ1n) is 8.26. The van der Waals surface area contributed by atoms with E-state index >= 15 is 0 Å². The molecule has 0 amide bonds. The number of hydrogen-bond acceptors (Lipinski definition) is 5. The molecular weight excluding hydrogens is 316 g/mol. The first-order chi connectivity index (χ1) is 11.8. The van der Waals surface area contributed by atoms with Gasteiger partial charge in [-0.15, -0.1) is 0 Å². The van der Waals surface area contributed by atoms with Crippen molar-refractivity contribution < 1.29 is 14.3 Å².